The summed E-state index contributed by atoms with van der Waals surface area (Å²) in [4.78, 5) is 11.2. The predicted octanol–water partition coefficient (Wildman–Crippen LogP) is 1.31. The monoisotopic (exact) mass is 246 g/mol. The van der Waals surface area contributed by atoms with Crippen molar-refractivity contribution in [1.29, 1.82) is 0 Å². The fraction of sp³-hybridized carbons (Fsp3) is 0.917. The number of carboxylic acid groups (broad SMARTS) is 1. The molecule has 0 aliphatic carbocycles. The van der Waals surface area contributed by atoms with Gasteiger partial charge < -0.3 is 19.3 Å². The second-order valence-electron chi connectivity index (χ2n) is 4.65. The third-order valence-corrected chi connectivity index (χ3v) is 3.21. The molecule has 1 fully saturated rings. The van der Waals surface area contributed by atoms with Crippen molar-refractivity contribution in [2.75, 3.05) is 33.5 Å². The molecule has 5 nitrogen and oxygen atoms in total. The molecule has 0 spiro atoms. The summed E-state index contributed by atoms with van der Waals surface area (Å²) >= 11 is 0. The van der Waals surface area contributed by atoms with Crippen LogP contribution in [0.2, 0.25) is 0 Å². The first kappa shape index (κ1) is 14.4. The fourth-order valence-corrected chi connectivity index (χ4v) is 1.75. The zero-order chi connectivity index (χ0) is 12.7. The Hall–Kier alpha value is -0.650. The molecule has 1 heterocycles. The molecule has 5 heteroatoms. The first-order valence-corrected chi connectivity index (χ1v) is 6.02. The summed E-state index contributed by atoms with van der Waals surface area (Å²) in [5.74, 6) is -0.522. The molecular weight excluding hydrogens is 224 g/mol. The Labute approximate surface area is 102 Å². The summed E-state index contributed by atoms with van der Waals surface area (Å²) in [6.07, 6.45) is 2.25. The van der Waals surface area contributed by atoms with Crippen LogP contribution in [0.15, 0.2) is 0 Å². The Balaban J connectivity index is 2.39. The number of rotatable bonds is 7. The normalized spacial score (nSPS) is 21.1. The lowest BCUT2D eigenvalue weighted by Crippen LogP contribution is -2.41. The highest BCUT2D eigenvalue weighted by molar-refractivity contribution is 5.76. The maximum Gasteiger partial charge on any atom is 0.335 e. The first-order chi connectivity index (χ1) is 8.08. The van der Waals surface area contributed by atoms with Gasteiger partial charge in [-0.05, 0) is 25.7 Å². The molecule has 0 aromatic carbocycles. The van der Waals surface area contributed by atoms with Crippen molar-refractivity contribution in [3.05, 3.63) is 0 Å². The molecule has 1 unspecified atom stereocenters. The van der Waals surface area contributed by atoms with Crippen molar-refractivity contribution in [3.8, 4) is 0 Å². The number of hydrogen-bond donors (Lipinski definition) is 1. The molecule has 1 aliphatic rings. The molecule has 0 aromatic heterocycles. The van der Waals surface area contributed by atoms with E-state index in [1.54, 1.807) is 14.0 Å². The number of aliphatic carboxylic acids is 1. The minimum atomic E-state index is -1.14. The molecule has 0 radical (unpaired) electrons. The van der Waals surface area contributed by atoms with Gasteiger partial charge in [0.05, 0.1) is 6.61 Å². The Kier molecular flexibility index (Phi) is 5.88. The van der Waals surface area contributed by atoms with E-state index in [9.17, 15) is 9.90 Å². The van der Waals surface area contributed by atoms with Crippen LogP contribution in [0.5, 0.6) is 0 Å². The first-order valence-electron chi connectivity index (χ1n) is 6.02. The minimum Gasteiger partial charge on any atom is -0.479 e. The van der Waals surface area contributed by atoms with E-state index in [2.05, 4.69) is 0 Å². The maximum atomic E-state index is 11.2. The molecule has 0 aromatic rings. The molecular formula is C12H22O5. The fourth-order valence-electron chi connectivity index (χ4n) is 1.75. The highest BCUT2D eigenvalue weighted by Gasteiger charge is 2.34. The molecule has 1 atom stereocenters. The summed E-state index contributed by atoms with van der Waals surface area (Å²) in [5, 5.41) is 9.18. The van der Waals surface area contributed by atoms with Crippen molar-refractivity contribution in [2.24, 2.45) is 5.92 Å². The topological polar surface area (TPSA) is 65.0 Å². The van der Waals surface area contributed by atoms with Gasteiger partial charge in [0.1, 0.15) is 0 Å². The number of carboxylic acids is 1. The van der Waals surface area contributed by atoms with Gasteiger partial charge in [0.15, 0.2) is 5.60 Å². The van der Waals surface area contributed by atoms with E-state index in [1.807, 2.05) is 0 Å². The quantitative estimate of drug-likeness (QED) is 0.733. The average molecular weight is 246 g/mol. The molecule has 0 bridgehead atoms. The van der Waals surface area contributed by atoms with Crippen LogP contribution in [0, 0.1) is 5.92 Å². The van der Waals surface area contributed by atoms with Crippen LogP contribution in [0.25, 0.3) is 0 Å². The predicted molar refractivity (Wildman–Crippen MR) is 62.0 cm³/mol. The molecule has 17 heavy (non-hydrogen) atoms. The SMILES string of the molecule is COCCC(C)(OCC1CCOCC1)C(=O)O. The van der Waals surface area contributed by atoms with Gasteiger partial charge in [-0.25, -0.2) is 4.79 Å². The lowest BCUT2D eigenvalue weighted by Gasteiger charge is -2.29. The minimum absolute atomic E-state index is 0.363. The zero-order valence-electron chi connectivity index (χ0n) is 10.6. The smallest absolute Gasteiger partial charge is 0.335 e. The number of ether oxygens (including phenoxy) is 3. The van der Waals surface area contributed by atoms with Gasteiger partial charge in [-0.15, -0.1) is 0 Å². The lowest BCUT2D eigenvalue weighted by atomic mass is 9.99. The standard InChI is InChI=1S/C12H22O5/c1-12(11(13)14,5-8-15-2)17-9-10-3-6-16-7-4-10/h10H,3-9H2,1-2H3,(H,13,14). The Morgan fingerprint density at radius 1 is 1.47 bits per heavy atom. The molecule has 0 amide bonds. The van der Waals surface area contributed by atoms with Gasteiger partial charge in [-0.3, -0.25) is 0 Å². The molecule has 0 saturated carbocycles. The van der Waals surface area contributed by atoms with Crippen molar-refractivity contribution < 1.29 is 24.1 Å². The number of carbonyl (C=O) groups is 1. The summed E-state index contributed by atoms with van der Waals surface area (Å²) in [6.45, 7) is 3.96. The van der Waals surface area contributed by atoms with Crippen LogP contribution in [-0.4, -0.2) is 50.2 Å². The van der Waals surface area contributed by atoms with Crippen LogP contribution in [0.4, 0.5) is 0 Å². The van der Waals surface area contributed by atoms with E-state index in [0.29, 0.717) is 25.6 Å². The van der Waals surface area contributed by atoms with E-state index in [-0.39, 0.29) is 0 Å². The van der Waals surface area contributed by atoms with Crippen LogP contribution < -0.4 is 0 Å². The molecule has 1 N–H and O–H groups in total. The van der Waals surface area contributed by atoms with Crippen LogP contribution in [0.3, 0.4) is 0 Å². The van der Waals surface area contributed by atoms with Crippen molar-refractivity contribution in [2.45, 2.75) is 31.8 Å². The molecule has 1 aliphatic heterocycles. The third kappa shape index (κ3) is 4.61. The second-order valence-corrected chi connectivity index (χ2v) is 4.65. The largest absolute Gasteiger partial charge is 0.479 e. The maximum absolute atomic E-state index is 11.2. The summed E-state index contributed by atoms with van der Waals surface area (Å²) in [7, 11) is 1.56. The number of hydrogen-bond acceptors (Lipinski definition) is 4. The van der Waals surface area contributed by atoms with Crippen LogP contribution >= 0.6 is 0 Å². The summed E-state index contributed by atoms with van der Waals surface area (Å²) in [5.41, 5.74) is -1.14. The van der Waals surface area contributed by atoms with Gasteiger partial charge in [-0.2, -0.15) is 0 Å². The van der Waals surface area contributed by atoms with E-state index >= 15 is 0 Å². The highest BCUT2D eigenvalue weighted by atomic mass is 16.5. The van der Waals surface area contributed by atoms with Gasteiger partial charge in [0, 0.05) is 33.4 Å². The van der Waals surface area contributed by atoms with E-state index < -0.39 is 11.6 Å². The molecule has 1 saturated heterocycles. The van der Waals surface area contributed by atoms with Crippen molar-refractivity contribution in [1.82, 2.24) is 0 Å². The Bertz CT molecular complexity index is 237. The van der Waals surface area contributed by atoms with Crippen molar-refractivity contribution in [3.63, 3.8) is 0 Å². The summed E-state index contributed by atoms with van der Waals surface area (Å²) in [6, 6.07) is 0. The van der Waals surface area contributed by atoms with Crippen LogP contribution in [0.1, 0.15) is 26.2 Å². The van der Waals surface area contributed by atoms with Gasteiger partial charge in [-0.1, -0.05) is 0 Å². The summed E-state index contributed by atoms with van der Waals surface area (Å²) < 4.78 is 15.8. The average Bonchev–Trinajstić information content (AvgIpc) is 2.35. The zero-order valence-corrected chi connectivity index (χ0v) is 10.6. The number of methoxy groups -OCH3 is 1. The van der Waals surface area contributed by atoms with Gasteiger partial charge >= 0.3 is 5.97 Å². The Morgan fingerprint density at radius 2 is 2.12 bits per heavy atom. The van der Waals surface area contributed by atoms with Crippen LogP contribution in [-0.2, 0) is 19.0 Å². The van der Waals surface area contributed by atoms with Gasteiger partial charge in [0.25, 0.3) is 0 Å². The molecule has 1 rings (SSSR count). The van der Waals surface area contributed by atoms with E-state index in [4.69, 9.17) is 14.2 Å². The third-order valence-electron chi connectivity index (χ3n) is 3.21. The van der Waals surface area contributed by atoms with Gasteiger partial charge in [0.2, 0.25) is 0 Å². The Morgan fingerprint density at radius 3 is 2.65 bits per heavy atom. The lowest BCUT2D eigenvalue weighted by molar-refractivity contribution is -0.168. The second kappa shape index (κ2) is 6.93. The van der Waals surface area contributed by atoms with Crippen molar-refractivity contribution >= 4 is 5.97 Å². The molecule has 100 valence electrons. The highest BCUT2D eigenvalue weighted by Crippen LogP contribution is 2.21. The van der Waals surface area contributed by atoms with E-state index in [1.165, 1.54) is 0 Å². The van der Waals surface area contributed by atoms with E-state index in [0.717, 1.165) is 26.1 Å².